The van der Waals surface area contributed by atoms with Gasteiger partial charge in [0.15, 0.2) is 5.11 Å². The molecule has 3 aromatic rings. The van der Waals surface area contributed by atoms with E-state index in [4.69, 9.17) is 17.0 Å². The number of anilines is 3. The van der Waals surface area contributed by atoms with Gasteiger partial charge in [-0.3, -0.25) is 4.79 Å². The third-order valence-corrected chi connectivity index (χ3v) is 5.52. The lowest BCUT2D eigenvalue weighted by molar-refractivity contribution is -0.114. The van der Waals surface area contributed by atoms with Crippen molar-refractivity contribution in [3.05, 3.63) is 65.0 Å². The largest absolute Gasteiger partial charge is 0.462 e. The van der Waals surface area contributed by atoms with Crippen LogP contribution in [0.4, 0.5) is 16.4 Å². The summed E-state index contributed by atoms with van der Waals surface area (Å²) in [6.45, 7) is 5.47. The summed E-state index contributed by atoms with van der Waals surface area (Å²) in [6, 6.07) is 16.9. The van der Waals surface area contributed by atoms with Gasteiger partial charge in [0.1, 0.15) is 10.6 Å². The summed E-state index contributed by atoms with van der Waals surface area (Å²) in [7, 11) is 0. The Morgan fingerprint density at radius 3 is 2.32 bits per heavy atom. The topological polar surface area (TPSA) is 79.5 Å². The molecule has 31 heavy (non-hydrogen) atoms. The van der Waals surface area contributed by atoms with E-state index in [2.05, 4.69) is 16.0 Å². The van der Waals surface area contributed by atoms with Crippen LogP contribution in [-0.4, -0.2) is 23.6 Å². The Balaban J connectivity index is 1.88. The number of carbonyl (C=O) groups excluding carboxylic acids is 2. The normalized spacial score (nSPS) is 10.3. The van der Waals surface area contributed by atoms with Gasteiger partial charge in [0, 0.05) is 28.7 Å². The Kier molecular flexibility index (Phi) is 7.38. The standard InChI is InChI=1S/C23H23N3O3S2/c1-4-29-22(28)20-19(16-9-6-5-7-10-16)14(2)31-21(20)26-23(30)25-18-12-8-11-17(13-18)24-15(3)27/h5-13H,4H2,1-3H3,(H,24,27)(H2,25,26,30). The molecule has 0 saturated carbocycles. The van der Waals surface area contributed by atoms with Crippen molar-refractivity contribution >= 4 is 56.9 Å². The number of hydrogen-bond donors (Lipinski definition) is 3. The number of thiophene rings is 1. The summed E-state index contributed by atoms with van der Waals surface area (Å²) < 4.78 is 5.32. The minimum absolute atomic E-state index is 0.153. The molecule has 6 nitrogen and oxygen atoms in total. The highest BCUT2D eigenvalue weighted by Crippen LogP contribution is 2.40. The van der Waals surface area contributed by atoms with Crippen molar-refractivity contribution in [2.45, 2.75) is 20.8 Å². The Morgan fingerprint density at radius 1 is 1.00 bits per heavy atom. The van der Waals surface area contributed by atoms with Crippen LogP contribution in [0.1, 0.15) is 29.1 Å². The molecular weight excluding hydrogens is 430 g/mol. The fourth-order valence-corrected chi connectivity index (χ4v) is 4.48. The first-order chi connectivity index (χ1) is 14.9. The number of benzene rings is 2. The molecular formula is C23H23N3O3S2. The molecule has 1 aromatic heterocycles. The van der Waals surface area contributed by atoms with Crippen LogP contribution in [0.5, 0.6) is 0 Å². The van der Waals surface area contributed by atoms with Crippen LogP contribution < -0.4 is 16.0 Å². The van der Waals surface area contributed by atoms with E-state index in [1.165, 1.54) is 18.3 Å². The molecule has 0 aliphatic heterocycles. The average molecular weight is 454 g/mol. The van der Waals surface area contributed by atoms with E-state index < -0.39 is 5.97 Å². The highest BCUT2D eigenvalue weighted by atomic mass is 32.1. The van der Waals surface area contributed by atoms with E-state index in [0.717, 1.165) is 16.0 Å². The number of thiocarbonyl (C=S) groups is 1. The van der Waals surface area contributed by atoms with E-state index in [0.29, 0.717) is 27.1 Å². The quantitative estimate of drug-likeness (QED) is 0.330. The van der Waals surface area contributed by atoms with Crippen molar-refractivity contribution in [2.75, 3.05) is 22.6 Å². The molecule has 0 fully saturated rings. The van der Waals surface area contributed by atoms with Gasteiger partial charge in [-0.05, 0) is 49.8 Å². The van der Waals surface area contributed by atoms with E-state index >= 15 is 0 Å². The monoisotopic (exact) mass is 453 g/mol. The summed E-state index contributed by atoms with van der Waals surface area (Å²) in [6.07, 6.45) is 0. The molecule has 0 aliphatic carbocycles. The van der Waals surface area contributed by atoms with E-state index in [1.54, 1.807) is 19.1 Å². The smallest absolute Gasteiger partial charge is 0.341 e. The number of hydrogen-bond acceptors (Lipinski definition) is 5. The van der Waals surface area contributed by atoms with Gasteiger partial charge >= 0.3 is 5.97 Å². The molecule has 0 atom stereocenters. The third-order valence-electron chi connectivity index (χ3n) is 4.29. The van der Waals surface area contributed by atoms with Gasteiger partial charge < -0.3 is 20.7 Å². The minimum atomic E-state index is -0.399. The molecule has 0 spiro atoms. The predicted octanol–water partition coefficient (Wildman–Crippen LogP) is 5.67. The van der Waals surface area contributed by atoms with Crippen LogP contribution >= 0.6 is 23.6 Å². The highest BCUT2D eigenvalue weighted by molar-refractivity contribution is 7.80. The van der Waals surface area contributed by atoms with Crippen molar-refractivity contribution in [3.63, 3.8) is 0 Å². The summed E-state index contributed by atoms with van der Waals surface area (Å²) in [5.74, 6) is -0.553. The van der Waals surface area contributed by atoms with Crippen LogP contribution in [-0.2, 0) is 9.53 Å². The zero-order chi connectivity index (χ0) is 22.4. The number of rotatable bonds is 6. The van der Waals surface area contributed by atoms with Gasteiger partial charge in [-0.1, -0.05) is 36.4 Å². The van der Waals surface area contributed by atoms with Crippen LogP contribution in [0.3, 0.4) is 0 Å². The van der Waals surface area contributed by atoms with Crippen molar-refractivity contribution in [1.29, 1.82) is 0 Å². The van der Waals surface area contributed by atoms with Crippen LogP contribution in [0, 0.1) is 6.92 Å². The zero-order valence-electron chi connectivity index (χ0n) is 17.4. The van der Waals surface area contributed by atoms with Crippen molar-refractivity contribution < 1.29 is 14.3 Å². The minimum Gasteiger partial charge on any atom is -0.462 e. The molecule has 8 heteroatoms. The zero-order valence-corrected chi connectivity index (χ0v) is 19.1. The molecule has 3 N–H and O–H groups in total. The van der Waals surface area contributed by atoms with E-state index in [1.807, 2.05) is 49.4 Å². The lowest BCUT2D eigenvalue weighted by atomic mass is 10.0. The van der Waals surface area contributed by atoms with Crippen LogP contribution in [0.15, 0.2) is 54.6 Å². The summed E-state index contributed by atoms with van der Waals surface area (Å²) in [5, 5.41) is 9.91. The van der Waals surface area contributed by atoms with Gasteiger partial charge in [-0.15, -0.1) is 11.3 Å². The Labute approximate surface area is 190 Å². The van der Waals surface area contributed by atoms with Gasteiger partial charge in [-0.2, -0.15) is 0 Å². The molecule has 0 aliphatic rings. The van der Waals surface area contributed by atoms with E-state index in [-0.39, 0.29) is 12.5 Å². The van der Waals surface area contributed by atoms with Gasteiger partial charge in [0.2, 0.25) is 5.91 Å². The maximum Gasteiger partial charge on any atom is 0.341 e. The summed E-state index contributed by atoms with van der Waals surface area (Å²) in [5.41, 5.74) is 3.60. The van der Waals surface area contributed by atoms with Crippen molar-refractivity contribution in [1.82, 2.24) is 0 Å². The highest BCUT2D eigenvalue weighted by Gasteiger charge is 2.24. The number of aryl methyl sites for hydroxylation is 1. The second-order valence-corrected chi connectivity index (χ2v) is 8.30. The van der Waals surface area contributed by atoms with Gasteiger partial charge in [0.25, 0.3) is 0 Å². The second-order valence-electron chi connectivity index (χ2n) is 6.66. The first kappa shape index (κ1) is 22.5. The fraction of sp³-hybridized carbons (Fsp3) is 0.174. The lowest BCUT2D eigenvalue weighted by Gasteiger charge is -2.12. The van der Waals surface area contributed by atoms with Crippen LogP contribution in [0.2, 0.25) is 0 Å². The van der Waals surface area contributed by atoms with Crippen molar-refractivity contribution in [2.24, 2.45) is 0 Å². The van der Waals surface area contributed by atoms with E-state index in [9.17, 15) is 9.59 Å². The Hall–Kier alpha value is -3.23. The lowest BCUT2D eigenvalue weighted by Crippen LogP contribution is -2.20. The molecule has 2 aromatic carbocycles. The van der Waals surface area contributed by atoms with Gasteiger partial charge in [0.05, 0.1) is 6.61 Å². The summed E-state index contributed by atoms with van der Waals surface area (Å²) >= 11 is 6.92. The molecule has 0 radical (unpaired) electrons. The van der Waals surface area contributed by atoms with Crippen molar-refractivity contribution in [3.8, 4) is 11.1 Å². The Morgan fingerprint density at radius 2 is 1.68 bits per heavy atom. The molecule has 0 unspecified atom stereocenters. The molecule has 1 amide bonds. The number of ether oxygens (including phenoxy) is 1. The molecule has 0 saturated heterocycles. The first-order valence-electron chi connectivity index (χ1n) is 9.70. The average Bonchev–Trinajstić information content (AvgIpc) is 3.04. The number of nitrogens with one attached hydrogen (secondary N) is 3. The number of esters is 1. The maximum atomic E-state index is 12.8. The predicted molar refractivity (Wildman–Crippen MR) is 131 cm³/mol. The second kappa shape index (κ2) is 10.2. The molecule has 0 bridgehead atoms. The summed E-state index contributed by atoms with van der Waals surface area (Å²) in [4.78, 5) is 25.1. The molecule has 3 rings (SSSR count). The SMILES string of the molecule is CCOC(=O)c1c(NC(=S)Nc2cccc(NC(C)=O)c2)sc(C)c1-c1ccccc1. The number of carbonyl (C=O) groups is 2. The van der Waals surface area contributed by atoms with Crippen LogP contribution in [0.25, 0.3) is 11.1 Å². The third kappa shape index (κ3) is 5.68. The molecule has 160 valence electrons. The fourth-order valence-electron chi connectivity index (χ4n) is 3.13. The maximum absolute atomic E-state index is 12.8. The van der Waals surface area contributed by atoms with Gasteiger partial charge in [-0.25, -0.2) is 4.79 Å². The number of amides is 1. The molecule has 1 heterocycles. The Bertz CT molecular complexity index is 1110. The first-order valence-corrected chi connectivity index (χ1v) is 10.9.